The Morgan fingerprint density at radius 3 is 0.645 bits per heavy atom. The third-order valence-electron chi connectivity index (χ3n) is 9.93. The zero-order valence-electron chi connectivity index (χ0n) is 35.8. The minimum Gasteiger partial charge on any atom is -0.449 e. The molecule has 0 saturated carbocycles. The highest BCUT2D eigenvalue weighted by atomic mass is 16.5. The lowest BCUT2D eigenvalue weighted by Gasteiger charge is -2.22. The van der Waals surface area contributed by atoms with Gasteiger partial charge in [-0.3, -0.25) is 19.2 Å². The van der Waals surface area contributed by atoms with E-state index in [0.29, 0.717) is 22.3 Å². The number of Topliss-reactive ketones (excluding diaryl/α,β-unsaturated/α-hetero) is 4. The van der Waals surface area contributed by atoms with Crippen molar-refractivity contribution in [2.45, 2.75) is 90.0 Å². The highest BCUT2D eigenvalue weighted by molar-refractivity contribution is 6.03. The summed E-state index contributed by atoms with van der Waals surface area (Å²) >= 11 is 0. The number of benzene rings is 5. The topological polar surface area (TPSA) is 202 Å². The van der Waals surface area contributed by atoms with Crippen LogP contribution in [0.4, 0.5) is 0 Å². The summed E-state index contributed by atoms with van der Waals surface area (Å²) in [5.41, 5.74) is -3.52. The number of ketones is 4. The van der Waals surface area contributed by atoms with E-state index in [4.69, 9.17) is 9.47 Å². The highest BCUT2D eigenvalue weighted by Gasteiger charge is 2.30. The molecule has 5 aromatic carbocycles. The number of carbonyl (C=O) groups is 6. The van der Waals surface area contributed by atoms with Crippen molar-refractivity contribution in [1.82, 2.24) is 0 Å². The van der Waals surface area contributed by atoms with E-state index in [0.717, 1.165) is 0 Å². The molecule has 0 amide bonds. The number of carbonyl (C=O) groups excluding carboxylic acids is 6. The molecule has 0 fully saturated rings. The van der Waals surface area contributed by atoms with E-state index in [1.54, 1.807) is 48.5 Å². The van der Waals surface area contributed by atoms with Gasteiger partial charge in [-0.15, -0.1) is 0 Å². The first-order chi connectivity index (χ1) is 28.8. The molecular formula is C50H50O12. The molecule has 0 saturated heterocycles. The molecule has 5 aromatic rings. The summed E-state index contributed by atoms with van der Waals surface area (Å²) in [4.78, 5) is 78.3. The Labute approximate surface area is 359 Å². The number of esters is 2. The Kier molecular flexibility index (Phi) is 13.4. The van der Waals surface area contributed by atoms with Gasteiger partial charge in [0, 0.05) is 22.3 Å². The van der Waals surface area contributed by atoms with Crippen molar-refractivity contribution >= 4 is 35.1 Å². The van der Waals surface area contributed by atoms with Gasteiger partial charge in [-0.2, -0.15) is 0 Å². The average molecular weight is 843 g/mol. The predicted octanol–water partition coefficient (Wildman–Crippen LogP) is 7.39. The van der Waals surface area contributed by atoms with Crippen LogP contribution < -0.4 is 0 Å². The van der Waals surface area contributed by atoms with E-state index in [-0.39, 0.29) is 33.4 Å². The fourth-order valence-electron chi connectivity index (χ4n) is 6.40. The molecule has 0 spiro atoms. The van der Waals surface area contributed by atoms with Gasteiger partial charge in [0.25, 0.3) is 0 Å². The van der Waals surface area contributed by atoms with Gasteiger partial charge < -0.3 is 29.9 Å². The lowest BCUT2D eigenvalue weighted by Crippen LogP contribution is -2.31. The Balaban J connectivity index is 1.42. The monoisotopic (exact) mass is 842 g/mol. The van der Waals surface area contributed by atoms with Gasteiger partial charge in [0.05, 0.1) is 11.1 Å². The highest BCUT2D eigenvalue weighted by Crippen LogP contribution is 2.32. The van der Waals surface area contributed by atoms with Crippen molar-refractivity contribution < 1.29 is 58.7 Å². The molecule has 0 unspecified atom stereocenters. The van der Waals surface area contributed by atoms with Crippen LogP contribution in [-0.4, -0.2) is 77.9 Å². The van der Waals surface area contributed by atoms with Crippen molar-refractivity contribution in [1.29, 1.82) is 0 Å². The van der Waals surface area contributed by atoms with Crippen molar-refractivity contribution in [3.63, 3.8) is 0 Å². The predicted molar refractivity (Wildman–Crippen MR) is 229 cm³/mol. The van der Waals surface area contributed by atoms with Gasteiger partial charge in [0.15, 0.2) is 35.3 Å². The third kappa shape index (κ3) is 11.1. The van der Waals surface area contributed by atoms with E-state index < -0.39 is 69.7 Å². The summed E-state index contributed by atoms with van der Waals surface area (Å²) in [5, 5.41) is 41.0. The first-order valence-electron chi connectivity index (χ1n) is 19.8. The minimum atomic E-state index is -1.62. The molecule has 0 atom stereocenters. The van der Waals surface area contributed by atoms with Crippen LogP contribution in [0.25, 0.3) is 0 Å². The second-order valence-electron chi connectivity index (χ2n) is 17.2. The summed E-state index contributed by atoms with van der Waals surface area (Å²) in [6.45, 7) is 11.0. The van der Waals surface area contributed by atoms with Crippen LogP contribution in [0.3, 0.4) is 0 Å². The first kappa shape index (κ1) is 46.6. The maximum absolute atomic E-state index is 13.7. The van der Waals surface area contributed by atoms with Crippen LogP contribution >= 0.6 is 0 Å². The van der Waals surface area contributed by atoms with Crippen LogP contribution in [0, 0.1) is 0 Å². The number of rotatable bonds is 16. The fourth-order valence-corrected chi connectivity index (χ4v) is 6.40. The lowest BCUT2D eigenvalue weighted by molar-refractivity contribution is 0.0363. The number of aliphatic hydroxyl groups is 4. The summed E-state index contributed by atoms with van der Waals surface area (Å²) in [5.74, 6) is -3.59. The molecule has 4 N–H and O–H groups in total. The molecule has 0 aliphatic heterocycles. The Morgan fingerprint density at radius 1 is 0.323 bits per heavy atom. The number of hydrogen-bond acceptors (Lipinski definition) is 12. The Hall–Kier alpha value is -6.44. The van der Waals surface area contributed by atoms with E-state index in [1.807, 2.05) is 0 Å². The van der Waals surface area contributed by atoms with E-state index in [2.05, 4.69) is 0 Å². The molecule has 322 valence electrons. The van der Waals surface area contributed by atoms with Crippen molar-refractivity contribution in [2.75, 3.05) is 0 Å². The normalized spacial score (nSPS) is 12.2. The number of ether oxygens (including phenoxy) is 2. The van der Waals surface area contributed by atoms with Crippen molar-refractivity contribution in [3.05, 3.63) is 177 Å². The lowest BCUT2D eigenvalue weighted by atomic mass is 9.92. The largest absolute Gasteiger partial charge is 0.449 e. The molecule has 0 aliphatic rings. The van der Waals surface area contributed by atoms with Crippen LogP contribution in [0.2, 0.25) is 0 Å². The van der Waals surface area contributed by atoms with Gasteiger partial charge >= 0.3 is 11.9 Å². The van der Waals surface area contributed by atoms with Gasteiger partial charge in [-0.25, -0.2) is 9.59 Å². The van der Waals surface area contributed by atoms with Crippen LogP contribution in [0.1, 0.15) is 152 Å². The van der Waals surface area contributed by atoms with Gasteiger partial charge in [-0.05, 0) is 102 Å². The van der Waals surface area contributed by atoms with E-state index >= 15 is 0 Å². The fraction of sp³-hybridized carbons (Fsp3) is 0.280. The molecule has 12 nitrogen and oxygen atoms in total. The summed E-state index contributed by atoms with van der Waals surface area (Å²) in [6.07, 6.45) is -2.08. The van der Waals surface area contributed by atoms with E-state index in [1.165, 1.54) is 128 Å². The summed E-state index contributed by atoms with van der Waals surface area (Å²) < 4.78 is 12.0. The second-order valence-corrected chi connectivity index (χ2v) is 17.2. The quantitative estimate of drug-likeness (QED) is 0.0568. The summed E-state index contributed by atoms with van der Waals surface area (Å²) in [7, 11) is 0. The molecular weight excluding hydrogens is 793 g/mol. The maximum Gasteiger partial charge on any atom is 0.339 e. The maximum atomic E-state index is 13.7. The van der Waals surface area contributed by atoms with Gasteiger partial charge in [0.1, 0.15) is 22.4 Å². The first-order valence-corrected chi connectivity index (χ1v) is 19.8. The van der Waals surface area contributed by atoms with Gasteiger partial charge in [-0.1, -0.05) is 97.1 Å². The molecule has 0 aliphatic carbocycles. The standard InChI is InChI=1S/C50H50O12/c1-47(2,57)41(51)33-17-9-29(10-18-33)39(30-11-19-34(20-12-30)42(52)48(3,4)58)61-45(55)37-25-27-38(28-26-37)46(56)62-40(31-13-21-35(22-14-31)43(53)49(5,6)59)32-15-23-36(24-16-32)44(54)50(7,8)60/h9-28,39-40,57-60H,1-8H3. The van der Waals surface area contributed by atoms with E-state index in [9.17, 15) is 49.2 Å². The third-order valence-corrected chi connectivity index (χ3v) is 9.93. The average Bonchev–Trinajstić information content (AvgIpc) is 3.22. The zero-order chi connectivity index (χ0) is 45.9. The Morgan fingerprint density at radius 2 is 0.484 bits per heavy atom. The smallest absolute Gasteiger partial charge is 0.339 e. The van der Waals surface area contributed by atoms with Crippen molar-refractivity contribution in [3.8, 4) is 0 Å². The van der Waals surface area contributed by atoms with Crippen LogP contribution in [0.5, 0.6) is 0 Å². The molecule has 12 heteroatoms. The van der Waals surface area contributed by atoms with Crippen molar-refractivity contribution in [2.24, 2.45) is 0 Å². The van der Waals surface area contributed by atoms with Gasteiger partial charge in [0.2, 0.25) is 0 Å². The van der Waals surface area contributed by atoms with Crippen LogP contribution in [0.15, 0.2) is 121 Å². The minimum absolute atomic E-state index is 0.0740. The molecule has 0 radical (unpaired) electrons. The SMILES string of the molecule is CC(C)(O)C(=O)c1ccc(C(OC(=O)c2ccc(C(=O)OC(c3ccc(C(=O)C(C)(C)O)cc3)c3ccc(C(=O)C(C)(C)O)cc3)cc2)c2ccc(C(=O)C(C)(C)O)cc2)cc1. The zero-order valence-corrected chi connectivity index (χ0v) is 35.8. The second kappa shape index (κ2) is 17.9. The molecule has 0 aromatic heterocycles. The molecule has 62 heavy (non-hydrogen) atoms. The molecule has 5 rings (SSSR count). The molecule has 0 bridgehead atoms. The Bertz CT molecular complexity index is 2140. The number of hydrogen-bond donors (Lipinski definition) is 4. The molecule has 0 heterocycles. The summed E-state index contributed by atoms with van der Waals surface area (Å²) in [6, 6.07) is 30.2. The van der Waals surface area contributed by atoms with Crippen LogP contribution in [-0.2, 0) is 9.47 Å².